The van der Waals surface area contributed by atoms with E-state index in [9.17, 15) is 10.1 Å². The first-order chi connectivity index (χ1) is 14.0. The molecule has 1 saturated heterocycles. The Bertz CT molecular complexity index is 851. The smallest absolute Gasteiger partial charge is 0.240 e. The SMILES string of the molecule is CC(C)C[C@@H](C(N)=O)N(CC#N)c1nscc1-c1ccc(N2CCNCC2)cc1. The summed E-state index contributed by atoms with van der Waals surface area (Å²) in [6.07, 6.45) is 0.579. The van der Waals surface area contributed by atoms with Gasteiger partial charge in [-0.25, -0.2) is 0 Å². The maximum atomic E-state index is 12.2. The van der Waals surface area contributed by atoms with Gasteiger partial charge in [-0.2, -0.15) is 9.64 Å². The quantitative estimate of drug-likeness (QED) is 0.646. The van der Waals surface area contributed by atoms with E-state index in [2.05, 4.69) is 44.9 Å². The zero-order valence-electron chi connectivity index (χ0n) is 17.0. The number of amides is 1. The van der Waals surface area contributed by atoms with E-state index in [1.54, 1.807) is 4.90 Å². The van der Waals surface area contributed by atoms with Gasteiger partial charge in [0.05, 0.1) is 6.07 Å². The van der Waals surface area contributed by atoms with Crippen molar-refractivity contribution in [1.82, 2.24) is 9.69 Å². The van der Waals surface area contributed by atoms with E-state index in [0.29, 0.717) is 12.2 Å². The van der Waals surface area contributed by atoms with Crippen molar-refractivity contribution in [2.24, 2.45) is 11.7 Å². The molecule has 1 aliphatic rings. The van der Waals surface area contributed by atoms with Crippen LogP contribution in [0.15, 0.2) is 29.6 Å². The molecule has 2 aromatic rings. The Kier molecular flexibility index (Phi) is 7.07. The number of aromatic nitrogens is 1. The molecule has 0 unspecified atom stereocenters. The van der Waals surface area contributed by atoms with E-state index in [4.69, 9.17) is 5.73 Å². The van der Waals surface area contributed by atoms with Crippen LogP contribution in [0.25, 0.3) is 11.1 Å². The molecular weight excluding hydrogens is 384 g/mol. The van der Waals surface area contributed by atoms with Crippen LogP contribution in [0, 0.1) is 17.2 Å². The minimum atomic E-state index is -0.560. The second kappa shape index (κ2) is 9.72. The van der Waals surface area contributed by atoms with Crippen molar-refractivity contribution in [2.75, 3.05) is 42.5 Å². The van der Waals surface area contributed by atoms with Crippen LogP contribution in [0.1, 0.15) is 20.3 Å². The lowest BCUT2D eigenvalue weighted by Crippen LogP contribution is -2.46. The number of hydrogen-bond acceptors (Lipinski definition) is 7. The summed E-state index contributed by atoms with van der Waals surface area (Å²) in [6, 6.07) is 10.0. The van der Waals surface area contributed by atoms with Gasteiger partial charge in [0.1, 0.15) is 12.6 Å². The topological polar surface area (TPSA) is 98.3 Å². The number of nitrogens with zero attached hydrogens (tertiary/aromatic N) is 4. The Morgan fingerprint density at radius 1 is 1.34 bits per heavy atom. The van der Waals surface area contributed by atoms with E-state index >= 15 is 0 Å². The Labute approximate surface area is 176 Å². The fraction of sp³-hybridized carbons (Fsp3) is 0.476. The van der Waals surface area contributed by atoms with Gasteiger partial charge in [0.25, 0.3) is 0 Å². The lowest BCUT2D eigenvalue weighted by Gasteiger charge is -2.30. The number of rotatable bonds is 8. The van der Waals surface area contributed by atoms with Gasteiger partial charge in [0.2, 0.25) is 5.91 Å². The summed E-state index contributed by atoms with van der Waals surface area (Å²) in [5.41, 5.74) is 8.83. The summed E-state index contributed by atoms with van der Waals surface area (Å²) in [7, 11) is 0. The van der Waals surface area contributed by atoms with Crippen molar-refractivity contribution < 1.29 is 4.79 Å². The molecule has 29 heavy (non-hydrogen) atoms. The summed E-state index contributed by atoms with van der Waals surface area (Å²) in [6.45, 7) is 8.12. The number of piperazine rings is 1. The maximum Gasteiger partial charge on any atom is 0.240 e. The molecular formula is C21H28N6OS. The average Bonchev–Trinajstić information content (AvgIpc) is 3.20. The van der Waals surface area contributed by atoms with Gasteiger partial charge >= 0.3 is 0 Å². The summed E-state index contributed by atoms with van der Waals surface area (Å²) in [4.78, 5) is 16.3. The molecule has 7 nitrogen and oxygen atoms in total. The molecule has 154 valence electrons. The maximum absolute atomic E-state index is 12.2. The number of carbonyl (C=O) groups excluding carboxylic acids is 1. The number of nitriles is 1. The van der Waals surface area contributed by atoms with Crippen LogP contribution in [0.4, 0.5) is 11.5 Å². The van der Waals surface area contributed by atoms with Crippen molar-refractivity contribution in [1.29, 1.82) is 5.26 Å². The molecule has 1 aromatic carbocycles. The number of benzene rings is 1. The minimum absolute atomic E-state index is 0.0654. The standard InChI is InChI=1S/C21H28N6OS/c1-15(2)13-19(20(23)28)27(10-7-22)21-18(14-29-25-21)16-3-5-17(6-4-16)26-11-8-24-9-12-26/h3-6,14-15,19,24H,8-13H2,1-2H3,(H2,23,28)/t19-/m0/s1. The molecule has 1 atom stereocenters. The molecule has 3 N–H and O–H groups in total. The third-order valence-electron chi connectivity index (χ3n) is 5.12. The van der Waals surface area contributed by atoms with Gasteiger partial charge in [0.15, 0.2) is 5.82 Å². The molecule has 8 heteroatoms. The van der Waals surface area contributed by atoms with Crippen LogP contribution in [0.5, 0.6) is 0 Å². The van der Waals surface area contributed by atoms with Gasteiger partial charge in [-0.05, 0) is 41.6 Å². The summed E-state index contributed by atoms with van der Waals surface area (Å²) in [5.74, 6) is 0.493. The summed E-state index contributed by atoms with van der Waals surface area (Å²) in [5, 5.41) is 14.7. The Hall–Kier alpha value is -2.63. The van der Waals surface area contributed by atoms with Crippen LogP contribution >= 0.6 is 11.5 Å². The number of anilines is 2. The second-order valence-corrected chi connectivity index (χ2v) is 8.30. The van der Waals surface area contributed by atoms with E-state index in [0.717, 1.165) is 37.3 Å². The van der Waals surface area contributed by atoms with E-state index < -0.39 is 11.9 Å². The molecule has 1 aliphatic heterocycles. The second-order valence-electron chi connectivity index (χ2n) is 7.67. The molecule has 3 rings (SSSR count). The summed E-state index contributed by atoms with van der Waals surface area (Å²) >= 11 is 1.32. The number of nitrogens with one attached hydrogen (secondary N) is 1. The third kappa shape index (κ3) is 5.05. The molecule has 2 heterocycles. The van der Waals surface area contributed by atoms with Crippen molar-refractivity contribution in [2.45, 2.75) is 26.3 Å². The van der Waals surface area contributed by atoms with E-state index in [1.807, 2.05) is 19.2 Å². The molecule has 0 saturated carbocycles. The Morgan fingerprint density at radius 2 is 2.03 bits per heavy atom. The van der Waals surface area contributed by atoms with Crippen LogP contribution in [-0.4, -0.2) is 49.0 Å². The fourth-order valence-corrected chi connectivity index (χ4v) is 4.37. The van der Waals surface area contributed by atoms with Gasteiger partial charge in [0, 0.05) is 42.8 Å². The number of carbonyl (C=O) groups is 1. The molecule has 0 radical (unpaired) electrons. The Morgan fingerprint density at radius 3 is 2.62 bits per heavy atom. The van der Waals surface area contributed by atoms with Crippen LogP contribution in [-0.2, 0) is 4.79 Å². The third-order valence-corrected chi connectivity index (χ3v) is 5.74. The highest BCUT2D eigenvalue weighted by atomic mass is 32.1. The van der Waals surface area contributed by atoms with Crippen molar-refractivity contribution in [3.8, 4) is 17.2 Å². The first kappa shape index (κ1) is 21.1. The highest BCUT2D eigenvalue weighted by Gasteiger charge is 2.28. The molecule has 0 spiro atoms. The van der Waals surface area contributed by atoms with Crippen molar-refractivity contribution in [3.05, 3.63) is 29.6 Å². The summed E-state index contributed by atoms with van der Waals surface area (Å²) < 4.78 is 4.52. The van der Waals surface area contributed by atoms with Gasteiger partial charge in [-0.1, -0.05) is 26.0 Å². The van der Waals surface area contributed by atoms with E-state index in [1.165, 1.54) is 17.2 Å². The molecule has 1 aromatic heterocycles. The average molecular weight is 413 g/mol. The number of hydrogen-bond donors (Lipinski definition) is 2. The van der Waals surface area contributed by atoms with Gasteiger partial charge in [-0.15, -0.1) is 0 Å². The minimum Gasteiger partial charge on any atom is -0.369 e. The highest BCUT2D eigenvalue weighted by Crippen LogP contribution is 2.34. The molecule has 1 fully saturated rings. The lowest BCUT2D eigenvalue weighted by atomic mass is 10.0. The van der Waals surface area contributed by atoms with Crippen molar-refractivity contribution >= 4 is 28.9 Å². The number of primary amides is 1. The first-order valence-electron chi connectivity index (χ1n) is 9.94. The highest BCUT2D eigenvalue weighted by molar-refractivity contribution is 7.04. The zero-order chi connectivity index (χ0) is 20.8. The van der Waals surface area contributed by atoms with E-state index in [-0.39, 0.29) is 12.5 Å². The first-order valence-corrected chi connectivity index (χ1v) is 10.8. The lowest BCUT2D eigenvalue weighted by molar-refractivity contribution is -0.119. The molecule has 0 bridgehead atoms. The van der Waals surface area contributed by atoms with Crippen molar-refractivity contribution in [3.63, 3.8) is 0 Å². The largest absolute Gasteiger partial charge is 0.369 e. The number of nitrogens with two attached hydrogens (primary N) is 1. The zero-order valence-corrected chi connectivity index (χ0v) is 17.8. The monoisotopic (exact) mass is 412 g/mol. The van der Waals surface area contributed by atoms with Crippen LogP contribution in [0.2, 0.25) is 0 Å². The fourth-order valence-electron chi connectivity index (χ4n) is 3.66. The predicted octanol–water partition coefficient (Wildman–Crippen LogP) is 2.45. The van der Waals surface area contributed by atoms with Gasteiger partial charge < -0.3 is 20.9 Å². The predicted molar refractivity (Wildman–Crippen MR) is 118 cm³/mol. The molecule has 0 aliphatic carbocycles. The van der Waals surface area contributed by atoms with Gasteiger partial charge in [-0.3, -0.25) is 4.79 Å². The van der Waals surface area contributed by atoms with Crippen LogP contribution < -0.4 is 20.9 Å². The Balaban J connectivity index is 1.89. The van der Waals surface area contributed by atoms with Crippen LogP contribution in [0.3, 0.4) is 0 Å². The molecule has 1 amide bonds. The normalized spacial score (nSPS) is 15.2.